The third kappa shape index (κ3) is 3.89. The summed E-state index contributed by atoms with van der Waals surface area (Å²) in [5.41, 5.74) is 9.60. The van der Waals surface area contributed by atoms with Crippen molar-refractivity contribution in [3.63, 3.8) is 0 Å². The predicted octanol–water partition coefficient (Wildman–Crippen LogP) is -1.17. The van der Waals surface area contributed by atoms with Crippen LogP contribution in [-0.4, -0.2) is 80.1 Å². The first-order valence-corrected chi connectivity index (χ1v) is 9.76. The molecule has 3 aromatic rings. The molecule has 0 spiro atoms. The number of rotatable bonds is 6. The number of nitrogen functional groups attached to an aromatic ring is 1. The molecule has 0 saturated carbocycles. The van der Waals surface area contributed by atoms with Gasteiger partial charge in [0.2, 0.25) is 11.9 Å². The first-order valence-electron chi connectivity index (χ1n) is 9.76. The van der Waals surface area contributed by atoms with E-state index < -0.39 is 36.7 Å². The maximum Gasteiger partial charge on any atom is 0.280 e. The van der Waals surface area contributed by atoms with Crippen LogP contribution in [0.2, 0.25) is 0 Å². The van der Waals surface area contributed by atoms with Crippen LogP contribution in [-0.2, 0) is 4.74 Å². The summed E-state index contributed by atoms with van der Waals surface area (Å²) in [7, 11) is 3.88. The average molecular weight is 444 g/mol. The van der Waals surface area contributed by atoms with Gasteiger partial charge >= 0.3 is 0 Å². The maximum atomic E-state index is 12.3. The Morgan fingerprint density at radius 2 is 2.00 bits per heavy atom. The minimum atomic E-state index is -1.42. The van der Waals surface area contributed by atoms with Gasteiger partial charge in [-0.25, -0.2) is 10.4 Å². The summed E-state index contributed by atoms with van der Waals surface area (Å²) in [6.45, 7) is -0.513. The second-order valence-corrected chi connectivity index (χ2v) is 7.51. The van der Waals surface area contributed by atoms with E-state index in [2.05, 4.69) is 25.5 Å². The summed E-state index contributed by atoms with van der Waals surface area (Å²) in [4.78, 5) is 24.9. The summed E-state index contributed by atoms with van der Waals surface area (Å²) in [6.07, 6.45) is -3.45. The van der Waals surface area contributed by atoms with Gasteiger partial charge in [-0.05, 0) is 17.7 Å². The Morgan fingerprint density at radius 1 is 1.28 bits per heavy atom. The molecule has 170 valence electrons. The molecule has 3 heterocycles. The topological polar surface area (TPSA) is 187 Å². The molecule has 32 heavy (non-hydrogen) atoms. The van der Waals surface area contributed by atoms with E-state index in [9.17, 15) is 20.1 Å². The van der Waals surface area contributed by atoms with Crippen LogP contribution in [0.25, 0.3) is 11.2 Å². The Hall–Kier alpha value is -3.52. The Labute approximate surface area is 181 Å². The molecule has 1 aromatic carbocycles. The van der Waals surface area contributed by atoms with Crippen molar-refractivity contribution >= 4 is 35.0 Å². The van der Waals surface area contributed by atoms with Crippen molar-refractivity contribution in [3.8, 4) is 0 Å². The number of nitrogens with one attached hydrogen (secondary N) is 2. The monoisotopic (exact) mass is 444 g/mol. The SMILES string of the molecule is CN(C)c1ccc(/C=N\Nc2nc3c(=O)[nH]c(N)nc3n2[C@H]2O[C@@H](CO)[C@@H](O)[C@H]2O)cc1. The normalized spacial score (nSPS) is 23.3. The van der Waals surface area contributed by atoms with Gasteiger partial charge < -0.3 is 30.7 Å². The van der Waals surface area contributed by atoms with E-state index in [1.54, 1.807) is 6.21 Å². The van der Waals surface area contributed by atoms with Crippen LogP contribution in [0.4, 0.5) is 17.6 Å². The van der Waals surface area contributed by atoms with Crippen molar-refractivity contribution in [1.82, 2.24) is 19.5 Å². The number of hydrogen-bond acceptors (Lipinski definition) is 11. The van der Waals surface area contributed by atoms with Crippen molar-refractivity contribution in [2.45, 2.75) is 24.5 Å². The third-order valence-electron chi connectivity index (χ3n) is 5.13. The van der Waals surface area contributed by atoms with Crippen LogP contribution in [0.5, 0.6) is 0 Å². The smallest absolute Gasteiger partial charge is 0.280 e. The van der Waals surface area contributed by atoms with Crippen LogP contribution in [0.3, 0.4) is 0 Å². The number of hydrazone groups is 1. The van der Waals surface area contributed by atoms with Gasteiger partial charge in [-0.3, -0.25) is 14.3 Å². The maximum absolute atomic E-state index is 12.3. The molecule has 4 rings (SSSR count). The van der Waals surface area contributed by atoms with E-state index in [0.29, 0.717) is 0 Å². The van der Waals surface area contributed by atoms with Crippen LogP contribution >= 0.6 is 0 Å². The quantitative estimate of drug-likeness (QED) is 0.200. The molecule has 0 radical (unpaired) electrons. The number of fused-ring (bicyclic) bond motifs is 1. The van der Waals surface area contributed by atoms with Gasteiger partial charge in [0.1, 0.15) is 18.3 Å². The predicted molar refractivity (Wildman–Crippen MR) is 118 cm³/mol. The molecule has 7 N–H and O–H groups in total. The molecule has 4 atom stereocenters. The van der Waals surface area contributed by atoms with Gasteiger partial charge in [0.25, 0.3) is 5.56 Å². The number of benzene rings is 1. The lowest BCUT2D eigenvalue weighted by molar-refractivity contribution is -0.0501. The minimum absolute atomic E-state index is 0.0223. The molecule has 13 nitrogen and oxygen atoms in total. The number of hydrogen-bond donors (Lipinski definition) is 6. The van der Waals surface area contributed by atoms with Gasteiger partial charge in [0.15, 0.2) is 17.4 Å². The van der Waals surface area contributed by atoms with Crippen LogP contribution < -0.4 is 21.6 Å². The van der Waals surface area contributed by atoms with Gasteiger partial charge in [-0.2, -0.15) is 10.1 Å². The van der Waals surface area contributed by atoms with Gasteiger partial charge in [-0.15, -0.1) is 0 Å². The van der Waals surface area contributed by atoms with Crippen molar-refractivity contribution in [2.75, 3.05) is 36.8 Å². The fourth-order valence-corrected chi connectivity index (χ4v) is 3.44. The number of anilines is 3. The molecule has 0 aliphatic carbocycles. The Morgan fingerprint density at radius 3 is 2.62 bits per heavy atom. The molecule has 2 aromatic heterocycles. The first kappa shape index (κ1) is 21.7. The van der Waals surface area contributed by atoms with Crippen LogP contribution in [0.15, 0.2) is 34.2 Å². The Kier molecular flexibility index (Phi) is 5.80. The number of aliphatic hydroxyl groups excluding tert-OH is 3. The summed E-state index contributed by atoms with van der Waals surface area (Å²) in [5.74, 6) is -0.133. The van der Waals surface area contributed by atoms with Crippen LogP contribution in [0.1, 0.15) is 11.8 Å². The lowest BCUT2D eigenvalue weighted by Crippen LogP contribution is -2.33. The highest BCUT2D eigenvalue weighted by molar-refractivity contribution is 5.81. The van der Waals surface area contributed by atoms with E-state index in [1.807, 2.05) is 43.3 Å². The van der Waals surface area contributed by atoms with E-state index >= 15 is 0 Å². The number of aliphatic hydroxyl groups is 3. The van der Waals surface area contributed by atoms with Gasteiger partial charge in [-0.1, -0.05) is 12.1 Å². The number of aromatic nitrogens is 4. The Bertz CT molecular complexity index is 1190. The molecule has 0 unspecified atom stereocenters. The second kappa shape index (κ2) is 8.55. The molecule has 0 amide bonds. The number of imidazole rings is 1. The fraction of sp³-hybridized carbons (Fsp3) is 0.368. The van der Waals surface area contributed by atoms with Gasteiger partial charge in [0, 0.05) is 19.8 Å². The molecule has 13 heteroatoms. The highest BCUT2D eigenvalue weighted by Crippen LogP contribution is 2.33. The zero-order chi connectivity index (χ0) is 23.0. The number of nitrogens with zero attached hydrogens (tertiary/aromatic N) is 5. The van der Waals surface area contributed by atoms with Crippen molar-refractivity contribution in [2.24, 2.45) is 5.10 Å². The molecule has 1 saturated heterocycles. The fourth-order valence-electron chi connectivity index (χ4n) is 3.44. The summed E-state index contributed by atoms with van der Waals surface area (Å²) >= 11 is 0. The highest BCUT2D eigenvalue weighted by atomic mass is 16.6. The highest BCUT2D eigenvalue weighted by Gasteiger charge is 2.45. The number of aromatic amines is 1. The van der Waals surface area contributed by atoms with Gasteiger partial charge in [0.05, 0.1) is 12.8 Å². The van der Waals surface area contributed by atoms with Crippen molar-refractivity contribution < 1.29 is 20.1 Å². The number of ether oxygens (including phenoxy) is 1. The standard InChI is InChI=1S/C19H24N8O5/c1-26(2)10-5-3-9(4-6-10)7-21-25-19-22-12-15(23-18(20)24-16(12)31)27(19)17-14(30)13(29)11(8-28)32-17/h3-7,11,13-14,17,28-30H,8H2,1-2H3,(H,22,25)(H3,20,23,24,31)/b21-7-/t11-,13+,14+,17-/m0/s1. The van der Waals surface area contributed by atoms with Crippen LogP contribution in [0, 0.1) is 0 Å². The number of nitrogens with two attached hydrogens (primary N) is 1. The molecule has 0 bridgehead atoms. The van der Waals surface area contributed by atoms with Crippen molar-refractivity contribution in [1.29, 1.82) is 0 Å². The summed E-state index contributed by atoms with van der Waals surface area (Å²) < 4.78 is 6.87. The molecule has 1 aliphatic rings. The lowest BCUT2D eigenvalue weighted by Gasteiger charge is -2.18. The van der Waals surface area contributed by atoms with Crippen molar-refractivity contribution in [3.05, 3.63) is 40.2 Å². The minimum Gasteiger partial charge on any atom is -0.394 e. The third-order valence-corrected chi connectivity index (χ3v) is 5.13. The summed E-state index contributed by atoms with van der Waals surface area (Å²) in [6, 6.07) is 7.62. The molecular formula is C19H24N8O5. The zero-order valence-electron chi connectivity index (χ0n) is 17.4. The lowest BCUT2D eigenvalue weighted by atomic mass is 10.1. The number of H-pyrrole nitrogens is 1. The Balaban J connectivity index is 1.70. The summed E-state index contributed by atoms with van der Waals surface area (Å²) in [5, 5.41) is 34.2. The molecule has 1 aliphatic heterocycles. The van der Waals surface area contributed by atoms with E-state index in [1.165, 1.54) is 4.57 Å². The van der Waals surface area contributed by atoms with E-state index in [-0.39, 0.29) is 23.1 Å². The second-order valence-electron chi connectivity index (χ2n) is 7.51. The first-order chi connectivity index (χ1) is 15.3. The van der Waals surface area contributed by atoms with E-state index in [0.717, 1.165) is 11.3 Å². The molecule has 1 fully saturated rings. The molecular weight excluding hydrogens is 420 g/mol. The average Bonchev–Trinajstić information content (AvgIpc) is 3.25. The largest absolute Gasteiger partial charge is 0.394 e. The van der Waals surface area contributed by atoms with E-state index in [4.69, 9.17) is 10.5 Å². The zero-order valence-corrected chi connectivity index (χ0v) is 17.4.